The van der Waals surface area contributed by atoms with Crippen molar-refractivity contribution in [1.29, 1.82) is 0 Å². The van der Waals surface area contributed by atoms with Crippen LogP contribution in [0.2, 0.25) is 5.28 Å². The Hall–Kier alpha value is -1.65. The number of nitrogens with zero attached hydrogens (tertiary/aromatic N) is 3. The zero-order valence-corrected chi connectivity index (χ0v) is 13.4. The van der Waals surface area contributed by atoms with Gasteiger partial charge in [0.05, 0.1) is 0 Å². The summed E-state index contributed by atoms with van der Waals surface area (Å²) in [6, 6.07) is 10.3. The number of rotatable bonds is 5. The number of anilines is 1. The molecule has 22 heavy (non-hydrogen) atoms. The molecule has 0 amide bonds. The van der Waals surface area contributed by atoms with Crippen LogP contribution in [-0.2, 0) is 13.1 Å². The Kier molecular flexibility index (Phi) is 5.24. The van der Waals surface area contributed by atoms with Gasteiger partial charge in [0.1, 0.15) is 5.82 Å². The number of hydrogen-bond donors (Lipinski definition) is 1. The predicted molar refractivity (Wildman–Crippen MR) is 89.9 cm³/mol. The van der Waals surface area contributed by atoms with E-state index in [0.29, 0.717) is 0 Å². The van der Waals surface area contributed by atoms with E-state index in [1.165, 1.54) is 24.8 Å². The van der Waals surface area contributed by atoms with Crippen molar-refractivity contribution in [2.24, 2.45) is 0 Å². The van der Waals surface area contributed by atoms with Gasteiger partial charge in [0.2, 0.25) is 5.28 Å². The normalized spacial score (nSPS) is 15.7. The van der Waals surface area contributed by atoms with Crippen molar-refractivity contribution in [2.75, 3.05) is 18.4 Å². The highest BCUT2D eigenvalue weighted by molar-refractivity contribution is 6.28. The van der Waals surface area contributed by atoms with Crippen molar-refractivity contribution in [3.8, 4) is 0 Å². The molecule has 1 saturated heterocycles. The lowest BCUT2D eigenvalue weighted by molar-refractivity contribution is 0.221. The first-order chi connectivity index (χ1) is 10.8. The van der Waals surface area contributed by atoms with Crippen LogP contribution in [0.5, 0.6) is 0 Å². The number of hydrogen-bond acceptors (Lipinski definition) is 4. The molecule has 116 valence electrons. The van der Waals surface area contributed by atoms with E-state index < -0.39 is 0 Å². The summed E-state index contributed by atoms with van der Waals surface area (Å²) in [7, 11) is 0. The minimum absolute atomic E-state index is 0.290. The minimum atomic E-state index is 0.290. The van der Waals surface area contributed by atoms with E-state index in [4.69, 9.17) is 11.6 Å². The Labute approximate surface area is 136 Å². The average Bonchev–Trinajstić information content (AvgIpc) is 2.57. The first-order valence-electron chi connectivity index (χ1n) is 7.83. The molecule has 0 saturated carbocycles. The molecule has 0 spiro atoms. The molecular weight excluding hydrogens is 296 g/mol. The summed E-state index contributed by atoms with van der Waals surface area (Å²) in [4.78, 5) is 11.0. The standard InChI is InChI=1S/C17H21ClN4/c18-17-20-12-15(13-22-9-5-2-6-10-22)16(21-17)19-11-14-7-3-1-4-8-14/h1,3-4,7-8,12H,2,5-6,9-11,13H2,(H,19,20,21). The quantitative estimate of drug-likeness (QED) is 0.853. The molecule has 2 heterocycles. The number of halogens is 1. The molecule has 1 aliphatic rings. The van der Waals surface area contributed by atoms with Gasteiger partial charge in [-0.1, -0.05) is 36.8 Å². The van der Waals surface area contributed by atoms with Crippen molar-refractivity contribution >= 4 is 17.4 Å². The zero-order valence-electron chi connectivity index (χ0n) is 12.6. The van der Waals surface area contributed by atoms with Crippen LogP contribution in [0.4, 0.5) is 5.82 Å². The largest absolute Gasteiger partial charge is 0.366 e. The summed E-state index contributed by atoms with van der Waals surface area (Å²) in [5.74, 6) is 0.842. The van der Waals surface area contributed by atoms with Gasteiger partial charge in [-0.2, -0.15) is 0 Å². The van der Waals surface area contributed by atoms with Crippen LogP contribution >= 0.6 is 11.6 Å². The molecule has 2 aromatic rings. The number of likely N-dealkylation sites (tertiary alicyclic amines) is 1. The van der Waals surface area contributed by atoms with E-state index in [2.05, 4.69) is 32.3 Å². The third-order valence-corrected chi connectivity index (χ3v) is 4.16. The maximum Gasteiger partial charge on any atom is 0.224 e. The molecule has 0 unspecified atom stereocenters. The summed E-state index contributed by atoms with van der Waals surface area (Å²) in [6.07, 6.45) is 5.74. The van der Waals surface area contributed by atoms with E-state index in [0.717, 1.165) is 37.6 Å². The molecule has 4 nitrogen and oxygen atoms in total. The molecule has 1 aromatic carbocycles. The Morgan fingerprint density at radius 3 is 2.64 bits per heavy atom. The van der Waals surface area contributed by atoms with Gasteiger partial charge in [0.25, 0.3) is 0 Å². The smallest absolute Gasteiger partial charge is 0.224 e. The maximum atomic E-state index is 5.97. The van der Waals surface area contributed by atoms with Crippen molar-refractivity contribution in [1.82, 2.24) is 14.9 Å². The Balaban J connectivity index is 1.69. The van der Waals surface area contributed by atoms with E-state index in [-0.39, 0.29) is 5.28 Å². The van der Waals surface area contributed by atoms with Gasteiger partial charge < -0.3 is 5.32 Å². The van der Waals surface area contributed by atoms with Crippen LogP contribution in [0.3, 0.4) is 0 Å². The second-order valence-electron chi connectivity index (χ2n) is 5.69. The van der Waals surface area contributed by atoms with Gasteiger partial charge >= 0.3 is 0 Å². The third-order valence-electron chi connectivity index (χ3n) is 3.98. The number of nitrogens with one attached hydrogen (secondary N) is 1. The summed E-state index contributed by atoms with van der Waals surface area (Å²) in [5, 5.41) is 3.69. The Morgan fingerprint density at radius 2 is 1.86 bits per heavy atom. The average molecular weight is 317 g/mol. The van der Waals surface area contributed by atoms with E-state index >= 15 is 0 Å². The van der Waals surface area contributed by atoms with Crippen molar-refractivity contribution in [3.05, 3.63) is 52.9 Å². The molecular formula is C17H21ClN4. The van der Waals surface area contributed by atoms with Crippen LogP contribution in [0.15, 0.2) is 36.5 Å². The number of aromatic nitrogens is 2. The van der Waals surface area contributed by atoms with E-state index in [9.17, 15) is 0 Å². The van der Waals surface area contributed by atoms with Gasteiger partial charge in [0.15, 0.2) is 0 Å². The first-order valence-corrected chi connectivity index (χ1v) is 8.20. The summed E-state index contributed by atoms with van der Waals surface area (Å²) >= 11 is 5.97. The monoisotopic (exact) mass is 316 g/mol. The molecule has 1 aliphatic heterocycles. The van der Waals surface area contributed by atoms with Gasteiger partial charge in [-0.05, 0) is 43.1 Å². The molecule has 3 rings (SSSR count). The maximum absolute atomic E-state index is 5.97. The molecule has 5 heteroatoms. The van der Waals surface area contributed by atoms with Gasteiger partial charge in [-0.3, -0.25) is 4.90 Å². The summed E-state index contributed by atoms with van der Waals surface area (Å²) < 4.78 is 0. The summed E-state index contributed by atoms with van der Waals surface area (Å²) in [5.41, 5.74) is 2.34. The van der Waals surface area contributed by atoms with E-state index in [1.807, 2.05) is 24.4 Å². The highest BCUT2D eigenvalue weighted by Crippen LogP contribution is 2.19. The second kappa shape index (κ2) is 7.56. The predicted octanol–water partition coefficient (Wildman–Crippen LogP) is 3.73. The third kappa shape index (κ3) is 4.18. The molecule has 0 atom stereocenters. The molecule has 0 aliphatic carbocycles. The molecule has 0 radical (unpaired) electrons. The lowest BCUT2D eigenvalue weighted by Gasteiger charge is -2.27. The minimum Gasteiger partial charge on any atom is -0.366 e. The van der Waals surface area contributed by atoms with Gasteiger partial charge in [-0.25, -0.2) is 9.97 Å². The van der Waals surface area contributed by atoms with Crippen molar-refractivity contribution < 1.29 is 0 Å². The van der Waals surface area contributed by atoms with Crippen molar-refractivity contribution in [2.45, 2.75) is 32.4 Å². The lowest BCUT2D eigenvalue weighted by Crippen LogP contribution is -2.29. The molecule has 1 N–H and O–H groups in total. The topological polar surface area (TPSA) is 41.1 Å². The fourth-order valence-corrected chi connectivity index (χ4v) is 2.93. The van der Waals surface area contributed by atoms with Crippen LogP contribution in [-0.4, -0.2) is 28.0 Å². The fourth-order valence-electron chi connectivity index (χ4n) is 2.79. The SMILES string of the molecule is Clc1ncc(CN2CCCCC2)c(NCc2ccccc2)n1. The molecule has 1 aromatic heterocycles. The van der Waals surface area contributed by atoms with Crippen LogP contribution in [0.25, 0.3) is 0 Å². The van der Waals surface area contributed by atoms with Crippen LogP contribution in [0, 0.1) is 0 Å². The molecule has 0 bridgehead atoms. The number of benzene rings is 1. The van der Waals surface area contributed by atoms with Crippen molar-refractivity contribution in [3.63, 3.8) is 0 Å². The Morgan fingerprint density at radius 1 is 1.09 bits per heavy atom. The van der Waals surface area contributed by atoms with Gasteiger partial charge in [-0.15, -0.1) is 0 Å². The number of piperidine rings is 1. The van der Waals surface area contributed by atoms with Gasteiger partial charge in [0, 0.05) is 24.8 Å². The first kappa shape index (κ1) is 15.3. The molecule has 1 fully saturated rings. The highest BCUT2D eigenvalue weighted by atomic mass is 35.5. The second-order valence-corrected chi connectivity index (χ2v) is 6.03. The Bertz CT molecular complexity index is 597. The van der Waals surface area contributed by atoms with Crippen LogP contribution < -0.4 is 5.32 Å². The fraction of sp³-hybridized carbons (Fsp3) is 0.412. The zero-order chi connectivity index (χ0) is 15.2. The highest BCUT2D eigenvalue weighted by Gasteiger charge is 2.14. The van der Waals surface area contributed by atoms with Crippen LogP contribution in [0.1, 0.15) is 30.4 Å². The summed E-state index contributed by atoms with van der Waals surface area (Å²) in [6.45, 7) is 3.93. The van der Waals surface area contributed by atoms with E-state index in [1.54, 1.807) is 0 Å². The lowest BCUT2D eigenvalue weighted by atomic mass is 10.1.